The molecule has 1 saturated heterocycles. The Morgan fingerprint density at radius 1 is 1.18 bits per heavy atom. The lowest BCUT2D eigenvalue weighted by Crippen LogP contribution is -2.38. The van der Waals surface area contributed by atoms with Crippen LogP contribution in [0.1, 0.15) is 24.3 Å². The average Bonchev–Trinajstić information content (AvgIpc) is 3.32. The predicted octanol–water partition coefficient (Wildman–Crippen LogP) is 2.75. The van der Waals surface area contributed by atoms with Gasteiger partial charge in [0.05, 0.1) is 6.26 Å². The van der Waals surface area contributed by atoms with Gasteiger partial charge >= 0.3 is 0 Å². The third-order valence-corrected chi connectivity index (χ3v) is 6.25. The highest BCUT2D eigenvalue weighted by Crippen LogP contribution is 2.51. The number of nitrogens with one attached hydrogen (secondary N) is 1. The quantitative estimate of drug-likeness (QED) is 0.836. The van der Waals surface area contributed by atoms with E-state index in [1.165, 1.54) is 12.1 Å². The first-order valence-corrected chi connectivity index (χ1v) is 11.3. The minimum Gasteiger partial charge on any atom is -0.341 e. The van der Waals surface area contributed by atoms with Crippen molar-refractivity contribution in [2.45, 2.75) is 24.8 Å². The van der Waals surface area contributed by atoms with E-state index in [9.17, 15) is 17.6 Å². The molecule has 5 nitrogen and oxygen atoms in total. The van der Waals surface area contributed by atoms with Crippen LogP contribution in [-0.2, 0) is 14.8 Å². The lowest BCUT2D eigenvalue weighted by molar-refractivity contribution is -0.131. The Morgan fingerprint density at radius 3 is 2.64 bits per heavy atom. The lowest BCUT2D eigenvalue weighted by atomic mass is 9.95. The summed E-state index contributed by atoms with van der Waals surface area (Å²) in [6.45, 7) is 0.938. The number of carbonyl (C=O) groups is 1. The fraction of sp³-hybridized carbons (Fsp3) is 0.381. The number of benzene rings is 2. The number of carbonyl (C=O) groups excluding carboxylic acids is 1. The Morgan fingerprint density at radius 2 is 1.93 bits per heavy atom. The molecule has 0 unspecified atom stereocenters. The van der Waals surface area contributed by atoms with Gasteiger partial charge in [0.15, 0.2) is 0 Å². The number of halogens is 1. The predicted molar refractivity (Wildman–Crippen MR) is 106 cm³/mol. The van der Waals surface area contributed by atoms with Gasteiger partial charge < -0.3 is 4.90 Å². The maximum Gasteiger partial charge on any atom is 0.226 e. The third-order valence-electron chi connectivity index (χ3n) is 5.49. The zero-order chi connectivity index (χ0) is 19.9. The van der Waals surface area contributed by atoms with Gasteiger partial charge in [0.1, 0.15) is 5.82 Å². The van der Waals surface area contributed by atoms with Crippen LogP contribution in [0.3, 0.4) is 0 Å². The van der Waals surface area contributed by atoms with Gasteiger partial charge in [-0.25, -0.2) is 17.5 Å². The van der Waals surface area contributed by atoms with Crippen molar-refractivity contribution in [1.29, 1.82) is 0 Å². The zero-order valence-electron chi connectivity index (χ0n) is 15.6. The summed E-state index contributed by atoms with van der Waals surface area (Å²) in [7, 11) is -3.29. The molecular formula is C21H23FN2O3S. The number of hydrogen-bond donors (Lipinski definition) is 1. The molecule has 7 heteroatoms. The lowest BCUT2D eigenvalue weighted by Gasteiger charge is -2.17. The van der Waals surface area contributed by atoms with Crippen molar-refractivity contribution in [1.82, 2.24) is 9.62 Å². The van der Waals surface area contributed by atoms with Crippen LogP contribution in [0.25, 0.3) is 11.1 Å². The van der Waals surface area contributed by atoms with Gasteiger partial charge in [-0.2, -0.15) is 0 Å². The monoisotopic (exact) mass is 402 g/mol. The molecule has 2 fully saturated rings. The van der Waals surface area contributed by atoms with Crippen molar-refractivity contribution >= 4 is 15.9 Å². The van der Waals surface area contributed by atoms with Crippen LogP contribution in [0.2, 0.25) is 0 Å². The van der Waals surface area contributed by atoms with Gasteiger partial charge in [0.2, 0.25) is 15.9 Å². The molecule has 2 aromatic carbocycles. The number of hydrogen-bond acceptors (Lipinski definition) is 3. The first-order valence-electron chi connectivity index (χ1n) is 9.43. The summed E-state index contributed by atoms with van der Waals surface area (Å²) in [4.78, 5) is 14.6. The molecule has 1 N–H and O–H groups in total. The second-order valence-electron chi connectivity index (χ2n) is 7.71. The zero-order valence-corrected chi connectivity index (χ0v) is 16.5. The molecule has 0 spiro atoms. The van der Waals surface area contributed by atoms with Crippen LogP contribution >= 0.6 is 0 Å². The van der Waals surface area contributed by atoms with Crippen LogP contribution < -0.4 is 4.72 Å². The van der Waals surface area contributed by atoms with E-state index < -0.39 is 10.0 Å². The molecule has 2 aliphatic rings. The molecule has 1 heterocycles. The van der Waals surface area contributed by atoms with Crippen LogP contribution in [0.5, 0.6) is 0 Å². The molecule has 4 rings (SSSR count). The highest BCUT2D eigenvalue weighted by molar-refractivity contribution is 7.88. The largest absolute Gasteiger partial charge is 0.341 e. The standard InChI is InChI=1S/C21H23FN2O3S/c1-28(26,27)23-16-9-10-24(13-16)21(25)20-12-19(20)18-11-15(22)7-8-17(18)14-5-3-2-4-6-14/h2-8,11,16,19-20,23H,9-10,12-13H2,1H3/t16-,19-,20+/m0/s1. The fourth-order valence-electron chi connectivity index (χ4n) is 4.13. The number of rotatable bonds is 5. The second kappa shape index (κ2) is 7.29. The van der Waals surface area contributed by atoms with E-state index in [0.29, 0.717) is 25.9 Å². The topological polar surface area (TPSA) is 66.5 Å². The summed E-state index contributed by atoms with van der Waals surface area (Å²) < 4.78 is 39.3. The van der Waals surface area contributed by atoms with Crippen LogP contribution in [0.15, 0.2) is 48.5 Å². The van der Waals surface area contributed by atoms with Crippen molar-refractivity contribution in [2.24, 2.45) is 5.92 Å². The summed E-state index contributed by atoms with van der Waals surface area (Å²) in [5, 5.41) is 0. The van der Waals surface area contributed by atoms with Gasteiger partial charge in [-0.1, -0.05) is 36.4 Å². The summed E-state index contributed by atoms with van der Waals surface area (Å²) in [6.07, 6.45) is 2.44. The molecule has 1 amide bonds. The van der Waals surface area contributed by atoms with Crippen LogP contribution in [0, 0.1) is 11.7 Å². The van der Waals surface area contributed by atoms with E-state index in [4.69, 9.17) is 0 Å². The summed E-state index contributed by atoms with van der Waals surface area (Å²) in [5.41, 5.74) is 2.84. The number of nitrogens with zero attached hydrogens (tertiary/aromatic N) is 1. The maximum atomic E-state index is 13.9. The molecule has 0 radical (unpaired) electrons. The Bertz CT molecular complexity index is 994. The number of amides is 1. The van der Waals surface area contributed by atoms with Crippen molar-refractivity contribution < 1.29 is 17.6 Å². The summed E-state index contributed by atoms with van der Waals surface area (Å²) in [6, 6.07) is 14.3. The van der Waals surface area contributed by atoms with Crippen molar-refractivity contribution in [3.8, 4) is 11.1 Å². The van der Waals surface area contributed by atoms with E-state index in [-0.39, 0.29) is 29.6 Å². The Hall–Kier alpha value is -2.25. The molecule has 1 aliphatic heterocycles. The van der Waals surface area contributed by atoms with E-state index in [1.807, 2.05) is 30.3 Å². The molecule has 1 saturated carbocycles. The average molecular weight is 402 g/mol. The first-order chi connectivity index (χ1) is 13.3. The van der Waals surface area contributed by atoms with Gasteiger partial charge in [0.25, 0.3) is 0 Å². The highest BCUT2D eigenvalue weighted by Gasteiger charge is 2.47. The van der Waals surface area contributed by atoms with Crippen molar-refractivity contribution in [3.05, 3.63) is 59.9 Å². The SMILES string of the molecule is CS(=O)(=O)N[C@H]1CCN(C(=O)[C@@H]2C[C@H]2c2cc(F)ccc2-c2ccccc2)C1. The van der Waals surface area contributed by atoms with E-state index in [2.05, 4.69) is 4.72 Å². The smallest absolute Gasteiger partial charge is 0.226 e. The van der Waals surface area contributed by atoms with E-state index in [0.717, 1.165) is 22.9 Å². The minimum atomic E-state index is -3.29. The summed E-state index contributed by atoms with van der Waals surface area (Å²) >= 11 is 0. The first kappa shape index (κ1) is 19.1. The third kappa shape index (κ3) is 4.10. The molecule has 148 valence electrons. The van der Waals surface area contributed by atoms with Crippen LogP contribution in [0.4, 0.5) is 4.39 Å². The molecule has 0 bridgehead atoms. The van der Waals surface area contributed by atoms with Gasteiger partial charge in [-0.05, 0) is 47.6 Å². The Balaban J connectivity index is 1.49. The summed E-state index contributed by atoms with van der Waals surface area (Å²) in [5.74, 6) is -0.431. The highest BCUT2D eigenvalue weighted by atomic mass is 32.2. The molecular weight excluding hydrogens is 379 g/mol. The molecule has 2 aromatic rings. The normalized spacial score (nSPS) is 24.4. The van der Waals surface area contributed by atoms with Crippen LogP contribution in [-0.4, -0.2) is 44.6 Å². The second-order valence-corrected chi connectivity index (χ2v) is 9.49. The Kier molecular flexibility index (Phi) is 4.97. The minimum absolute atomic E-state index is 0.000299. The number of sulfonamides is 1. The van der Waals surface area contributed by atoms with Gasteiger partial charge in [-0.3, -0.25) is 4.79 Å². The Labute approximate surface area is 164 Å². The maximum absolute atomic E-state index is 13.9. The number of likely N-dealkylation sites (tertiary alicyclic amines) is 1. The van der Waals surface area contributed by atoms with Gasteiger partial charge in [0, 0.05) is 25.0 Å². The van der Waals surface area contributed by atoms with Gasteiger partial charge in [-0.15, -0.1) is 0 Å². The molecule has 3 atom stereocenters. The fourth-order valence-corrected chi connectivity index (χ4v) is 4.92. The van der Waals surface area contributed by atoms with E-state index in [1.54, 1.807) is 11.0 Å². The van der Waals surface area contributed by atoms with Crippen molar-refractivity contribution in [2.75, 3.05) is 19.3 Å². The molecule has 1 aliphatic carbocycles. The van der Waals surface area contributed by atoms with Crippen molar-refractivity contribution in [3.63, 3.8) is 0 Å². The molecule has 28 heavy (non-hydrogen) atoms. The molecule has 0 aromatic heterocycles. The van der Waals surface area contributed by atoms with E-state index >= 15 is 0 Å².